The Morgan fingerprint density at radius 3 is 1.74 bits per heavy atom. The van der Waals surface area contributed by atoms with Crippen LogP contribution < -0.4 is 43.4 Å². The fourth-order valence-electron chi connectivity index (χ4n) is 7.75. The molecule has 2 fully saturated rings. The van der Waals surface area contributed by atoms with Gasteiger partial charge in [-0.05, 0) is 69.5 Å². The Balaban J connectivity index is 1.37. The summed E-state index contributed by atoms with van der Waals surface area (Å²) in [5, 5.41) is 34.9. The summed E-state index contributed by atoms with van der Waals surface area (Å²) in [6.45, 7) is 0.622. The SMILES string of the molecule is C[C@H](NC(=O)[C@H](CO)NC(=O)[C@H](Cc1ccccc1)NC(=O)CNC(=O)[C@@H]1CCCN1C(=O)[C@@H]1CCCN1C(=O)CN)C(=O)N[C@@H](Cc1ccccc1)C(=O)N[C@@H](CCCCN)C(=O)O. The predicted molar refractivity (Wildman–Crippen MR) is 235 cm³/mol. The molecule has 0 aromatic heterocycles. The molecule has 65 heavy (non-hydrogen) atoms. The van der Waals surface area contributed by atoms with E-state index in [0.717, 1.165) is 0 Å². The zero-order valence-corrected chi connectivity index (χ0v) is 36.5. The number of unbranched alkanes of at least 4 members (excludes halogenated alkanes) is 1. The summed E-state index contributed by atoms with van der Waals surface area (Å²) in [5.74, 6) is -6.77. The number of benzene rings is 2. The number of carboxylic acids is 1. The molecule has 0 spiro atoms. The van der Waals surface area contributed by atoms with Crippen molar-refractivity contribution in [2.75, 3.05) is 39.3 Å². The number of aliphatic hydroxyl groups is 1. The summed E-state index contributed by atoms with van der Waals surface area (Å²) >= 11 is 0. The number of nitrogens with two attached hydrogens (primary N) is 2. The lowest BCUT2D eigenvalue weighted by Crippen LogP contribution is -2.59. The van der Waals surface area contributed by atoms with Gasteiger partial charge in [0.25, 0.3) is 0 Å². The number of hydrogen-bond acceptors (Lipinski definition) is 12. The second-order valence-electron chi connectivity index (χ2n) is 16.1. The van der Waals surface area contributed by atoms with E-state index in [4.69, 9.17) is 11.5 Å². The number of amides is 8. The van der Waals surface area contributed by atoms with Gasteiger partial charge in [-0.2, -0.15) is 0 Å². The number of rotatable bonds is 24. The van der Waals surface area contributed by atoms with Crippen molar-refractivity contribution in [3.8, 4) is 0 Å². The van der Waals surface area contributed by atoms with Crippen LogP contribution in [0.15, 0.2) is 60.7 Å². The van der Waals surface area contributed by atoms with Gasteiger partial charge in [-0.25, -0.2) is 4.79 Å². The van der Waals surface area contributed by atoms with Crippen LogP contribution in [0.5, 0.6) is 0 Å². The molecule has 4 rings (SSSR count). The molecule has 2 aliphatic rings. The van der Waals surface area contributed by atoms with Gasteiger partial charge in [-0.3, -0.25) is 38.4 Å². The molecule has 8 amide bonds. The number of hydrogen-bond donors (Lipinski definition) is 10. The van der Waals surface area contributed by atoms with E-state index in [-0.39, 0.29) is 37.6 Å². The fraction of sp³-hybridized carbons (Fsp3) is 0.523. The van der Waals surface area contributed by atoms with Crippen LogP contribution in [-0.4, -0.2) is 155 Å². The van der Waals surface area contributed by atoms with Crippen LogP contribution >= 0.6 is 0 Å². The Hall–Kier alpha value is -6.45. The quantitative estimate of drug-likeness (QED) is 0.0476. The van der Waals surface area contributed by atoms with E-state index < -0.39 is 96.9 Å². The van der Waals surface area contributed by atoms with Crippen LogP contribution in [0.2, 0.25) is 0 Å². The minimum Gasteiger partial charge on any atom is -0.480 e. The maximum absolute atomic E-state index is 13.7. The highest BCUT2D eigenvalue weighted by molar-refractivity contribution is 5.97. The third kappa shape index (κ3) is 15.4. The standard InChI is InChI=1S/C44H62N10O11/c1-27(38(58)51-32(23-29-14-6-3-7-15-29)40(60)50-30(44(64)65)16-8-9-19-45)48-41(61)33(26-55)52-39(59)31(22-28-12-4-2-5-13-28)49-36(56)25-47-42(62)34-17-10-21-54(34)43(63)35-18-11-20-53(35)37(57)24-46/h2-7,12-15,27,30-35,55H,8-11,16-26,45-46H2,1H3,(H,47,62)(H,48,61)(H,49,56)(H,50,60)(H,51,58)(H,52,59)(H,64,65)/t27-,30-,31-,32-,33-,34-,35-/m0/s1. The van der Waals surface area contributed by atoms with E-state index in [1.807, 2.05) is 0 Å². The van der Waals surface area contributed by atoms with E-state index in [1.165, 1.54) is 16.7 Å². The smallest absolute Gasteiger partial charge is 0.326 e. The van der Waals surface area contributed by atoms with E-state index in [0.29, 0.717) is 69.3 Å². The number of nitrogens with one attached hydrogen (secondary N) is 6. The first-order chi connectivity index (χ1) is 31.2. The molecule has 2 aliphatic heterocycles. The summed E-state index contributed by atoms with van der Waals surface area (Å²) in [7, 11) is 0. The molecular weight excluding hydrogens is 845 g/mol. The van der Waals surface area contributed by atoms with Crippen LogP contribution in [-0.2, 0) is 56.0 Å². The molecule has 2 aromatic rings. The summed E-state index contributed by atoms with van der Waals surface area (Å²) < 4.78 is 0. The zero-order chi connectivity index (χ0) is 47.5. The van der Waals surface area contributed by atoms with Crippen LogP contribution in [0.25, 0.3) is 0 Å². The number of carbonyl (C=O) groups is 9. The van der Waals surface area contributed by atoms with Crippen molar-refractivity contribution >= 4 is 53.2 Å². The van der Waals surface area contributed by atoms with E-state index in [2.05, 4.69) is 31.9 Å². The highest BCUT2D eigenvalue weighted by atomic mass is 16.4. The molecule has 7 atom stereocenters. The average molecular weight is 907 g/mol. The predicted octanol–water partition coefficient (Wildman–Crippen LogP) is -2.82. The molecule has 354 valence electrons. The number of carboxylic acid groups (broad SMARTS) is 1. The molecule has 21 nitrogen and oxygen atoms in total. The fourth-order valence-corrected chi connectivity index (χ4v) is 7.75. The van der Waals surface area contributed by atoms with Crippen molar-refractivity contribution < 1.29 is 53.4 Å². The largest absolute Gasteiger partial charge is 0.480 e. The molecule has 0 unspecified atom stereocenters. The Bertz CT molecular complexity index is 1970. The van der Waals surface area contributed by atoms with Gasteiger partial charge in [0, 0.05) is 25.9 Å². The van der Waals surface area contributed by atoms with Crippen molar-refractivity contribution in [3.05, 3.63) is 71.8 Å². The summed E-state index contributed by atoms with van der Waals surface area (Å²) in [4.78, 5) is 121. The maximum atomic E-state index is 13.7. The number of likely N-dealkylation sites (tertiary alicyclic amines) is 2. The normalized spacial score (nSPS) is 18.0. The van der Waals surface area contributed by atoms with Gasteiger partial charge in [0.15, 0.2) is 0 Å². The van der Waals surface area contributed by atoms with E-state index in [1.54, 1.807) is 60.7 Å². The number of nitrogens with zero attached hydrogens (tertiary/aromatic N) is 2. The van der Waals surface area contributed by atoms with Crippen molar-refractivity contribution in [3.63, 3.8) is 0 Å². The Kier molecular flexibility index (Phi) is 20.3. The summed E-state index contributed by atoms with van der Waals surface area (Å²) in [6.07, 6.45) is 2.97. The van der Waals surface area contributed by atoms with Gasteiger partial charge in [0.05, 0.1) is 19.7 Å². The van der Waals surface area contributed by atoms with E-state index in [9.17, 15) is 53.4 Å². The van der Waals surface area contributed by atoms with Crippen molar-refractivity contribution in [1.82, 2.24) is 41.7 Å². The highest BCUT2D eigenvalue weighted by Gasteiger charge is 2.42. The van der Waals surface area contributed by atoms with E-state index >= 15 is 0 Å². The highest BCUT2D eigenvalue weighted by Crippen LogP contribution is 2.25. The molecule has 0 radical (unpaired) electrons. The first-order valence-corrected chi connectivity index (χ1v) is 21.9. The second kappa shape index (κ2) is 25.7. The molecule has 2 aromatic carbocycles. The van der Waals surface area contributed by atoms with Crippen LogP contribution in [0, 0.1) is 0 Å². The average Bonchev–Trinajstić information content (AvgIpc) is 4.01. The molecule has 0 saturated carbocycles. The van der Waals surface area contributed by atoms with Crippen LogP contribution in [0.1, 0.15) is 63.0 Å². The Morgan fingerprint density at radius 1 is 0.662 bits per heavy atom. The first-order valence-electron chi connectivity index (χ1n) is 21.9. The van der Waals surface area contributed by atoms with Gasteiger partial charge in [0.1, 0.15) is 42.3 Å². The number of aliphatic carboxylic acids is 1. The molecule has 12 N–H and O–H groups in total. The van der Waals surface area contributed by atoms with Gasteiger partial charge < -0.3 is 63.4 Å². The molecule has 0 aliphatic carbocycles. The third-order valence-electron chi connectivity index (χ3n) is 11.3. The minimum absolute atomic E-state index is 0.0154. The third-order valence-corrected chi connectivity index (χ3v) is 11.3. The van der Waals surface area contributed by atoms with Crippen LogP contribution in [0.4, 0.5) is 0 Å². The summed E-state index contributed by atoms with van der Waals surface area (Å²) in [5.41, 5.74) is 12.3. The lowest BCUT2D eigenvalue weighted by molar-refractivity contribution is -0.146. The number of aliphatic hydroxyl groups excluding tert-OH is 1. The Labute approximate surface area is 377 Å². The first kappa shape index (κ1) is 51.2. The molecule has 2 heterocycles. The lowest BCUT2D eigenvalue weighted by Gasteiger charge is -2.30. The molecule has 2 saturated heterocycles. The van der Waals surface area contributed by atoms with Crippen molar-refractivity contribution in [1.29, 1.82) is 0 Å². The Morgan fingerprint density at radius 2 is 1.18 bits per heavy atom. The van der Waals surface area contributed by atoms with Gasteiger partial charge in [-0.1, -0.05) is 60.7 Å². The molecular formula is C44H62N10O11. The van der Waals surface area contributed by atoms with Crippen LogP contribution in [0.3, 0.4) is 0 Å². The summed E-state index contributed by atoms with van der Waals surface area (Å²) in [6, 6.07) is 8.93. The van der Waals surface area contributed by atoms with Gasteiger partial charge in [0.2, 0.25) is 47.3 Å². The monoisotopic (exact) mass is 906 g/mol. The minimum atomic E-state index is -1.61. The lowest BCUT2D eigenvalue weighted by atomic mass is 10.0. The van der Waals surface area contributed by atoms with Gasteiger partial charge >= 0.3 is 5.97 Å². The number of carbonyl (C=O) groups excluding carboxylic acids is 8. The molecule has 21 heteroatoms. The van der Waals surface area contributed by atoms with Crippen molar-refractivity contribution in [2.45, 2.75) is 107 Å². The molecule has 0 bridgehead atoms. The van der Waals surface area contributed by atoms with Gasteiger partial charge in [-0.15, -0.1) is 0 Å². The zero-order valence-electron chi connectivity index (χ0n) is 36.5. The van der Waals surface area contributed by atoms with Crippen molar-refractivity contribution in [2.24, 2.45) is 11.5 Å². The maximum Gasteiger partial charge on any atom is 0.326 e. The second-order valence-corrected chi connectivity index (χ2v) is 16.1. The topological polar surface area (TPSA) is 325 Å².